The highest BCUT2D eigenvalue weighted by Gasteiger charge is 2.31. The zero-order chi connectivity index (χ0) is 31.1. The van der Waals surface area contributed by atoms with Crippen molar-refractivity contribution in [2.24, 2.45) is 0 Å². The summed E-state index contributed by atoms with van der Waals surface area (Å²) in [6.07, 6.45) is -3.27. The van der Waals surface area contributed by atoms with Gasteiger partial charge in [-0.2, -0.15) is 13.2 Å². The normalized spacial score (nSPS) is 11.0. The minimum absolute atomic E-state index is 0.154. The number of amides is 3. The van der Waals surface area contributed by atoms with Crippen molar-refractivity contribution in [2.75, 3.05) is 46.9 Å². The van der Waals surface area contributed by atoms with Crippen LogP contribution in [0.3, 0.4) is 0 Å². The summed E-state index contributed by atoms with van der Waals surface area (Å²) < 4.78 is 44.9. The Kier molecular flexibility index (Phi) is 9.33. The summed E-state index contributed by atoms with van der Waals surface area (Å²) in [6.45, 7) is 4.16. The second-order valence-electron chi connectivity index (χ2n) is 9.53. The van der Waals surface area contributed by atoms with Gasteiger partial charge in [-0.25, -0.2) is 14.8 Å². The van der Waals surface area contributed by atoms with Gasteiger partial charge in [-0.1, -0.05) is 18.2 Å². The number of ether oxygens (including phenoxy) is 1. The van der Waals surface area contributed by atoms with E-state index in [4.69, 9.17) is 4.74 Å². The summed E-state index contributed by atoms with van der Waals surface area (Å²) in [6, 6.07) is 15.4. The van der Waals surface area contributed by atoms with Crippen LogP contribution in [0, 0.1) is 6.92 Å². The Bertz CT molecular complexity index is 1630. The number of nitrogens with one attached hydrogen (secondary N) is 4. The molecule has 0 aliphatic rings. The lowest BCUT2D eigenvalue weighted by Crippen LogP contribution is -2.21. The van der Waals surface area contributed by atoms with Crippen LogP contribution in [0.25, 0.3) is 0 Å². The Hall–Kier alpha value is -5.33. The molecule has 0 aliphatic carbocycles. The molecule has 10 nitrogen and oxygen atoms in total. The number of rotatable bonds is 9. The van der Waals surface area contributed by atoms with E-state index in [1.54, 1.807) is 25.1 Å². The molecule has 1 heterocycles. The van der Waals surface area contributed by atoms with Crippen molar-refractivity contribution in [3.8, 4) is 5.75 Å². The zero-order valence-corrected chi connectivity index (χ0v) is 23.8. The first-order valence-electron chi connectivity index (χ1n) is 13.1. The number of halogens is 3. The fourth-order valence-corrected chi connectivity index (χ4v) is 4.13. The number of nitrogens with zero attached hydrogens (tertiary/aromatic N) is 3. The van der Waals surface area contributed by atoms with E-state index in [-0.39, 0.29) is 17.1 Å². The molecule has 0 aliphatic heterocycles. The number of carbonyl (C=O) groups is 2. The van der Waals surface area contributed by atoms with Gasteiger partial charge >= 0.3 is 12.2 Å². The molecule has 0 saturated carbocycles. The van der Waals surface area contributed by atoms with Crippen molar-refractivity contribution < 1.29 is 27.5 Å². The van der Waals surface area contributed by atoms with E-state index >= 15 is 0 Å². The molecular weight excluding hydrogens is 563 g/mol. The standard InChI is InChI=1S/C30H30F3N7O3/c1-5-43-24-11-7-10-22(27(24)40(3)4)37-25-16-26(35-17-34-25)39-29(42)38-23-15-21(13-12-18(23)2)36-28(41)19-8-6-9-20(14-19)30(31,32)33/h6-17H,5H2,1-4H3,(H,36,41)(H3,34,35,37,38,39,42). The van der Waals surface area contributed by atoms with Crippen molar-refractivity contribution in [1.29, 1.82) is 0 Å². The summed E-state index contributed by atoms with van der Waals surface area (Å²) in [4.78, 5) is 35.7. The number of urea groups is 1. The number of benzene rings is 3. The molecule has 0 spiro atoms. The second kappa shape index (κ2) is 13.1. The molecule has 3 amide bonds. The van der Waals surface area contributed by atoms with Crippen LogP contribution >= 0.6 is 0 Å². The minimum atomic E-state index is -4.57. The number of carbonyl (C=O) groups excluding carboxylic acids is 2. The quantitative estimate of drug-likeness (QED) is 0.166. The van der Waals surface area contributed by atoms with Crippen LogP contribution in [-0.4, -0.2) is 42.6 Å². The van der Waals surface area contributed by atoms with Crippen LogP contribution in [-0.2, 0) is 6.18 Å². The van der Waals surface area contributed by atoms with Crippen LogP contribution in [0.1, 0.15) is 28.4 Å². The van der Waals surface area contributed by atoms with Gasteiger partial charge in [0.25, 0.3) is 5.91 Å². The molecule has 0 unspecified atom stereocenters. The Labute approximate surface area is 246 Å². The van der Waals surface area contributed by atoms with Crippen molar-refractivity contribution in [3.63, 3.8) is 0 Å². The van der Waals surface area contributed by atoms with Crippen LogP contribution in [0.5, 0.6) is 5.75 Å². The molecule has 0 atom stereocenters. The highest BCUT2D eigenvalue weighted by Crippen LogP contribution is 2.36. The lowest BCUT2D eigenvalue weighted by molar-refractivity contribution is -0.137. The lowest BCUT2D eigenvalue weighted by atomic mass is 10.1. The Morgan fingerprint density at radius 1 is 0.884 bits per heavy atom. The van der Waals surface area contributed by atoms with E-state index in [1.807, 2.05) is 44.1 Å². The fraction of sp³-hybridized carbons (Fsp3) is 0.200. The van der Waals surface area contributed by atoms with Crippen LogP contribution in [0.4, 0.5) is 52.4 Å². The van der Waals surface area contributed by atoms with E-state index < -0.39 is 23.7 Å². The number of aryl methyl sites for hydroxylation is 1. The average Bonchev–Trinajstić information content (AvgIpc) is 2.95. The van der Waals surface area contributed by atoms with Crippen LogP contribution < -0.4 is 30.9 Å². The molecule has 0 radical (unpaired) electrons. The average molecular weight is 594 g/mol. The monoisotopic (exact) mass is 593 g/mol. The molecule has 1 aromatic heterocycles. The third-order valence-corrected chi connectivity index (χ3v) is 6.11. The van der Waals surface area contributed by atoms with Crippen LogP contribution in [0.2, 0.25) is 0 Å². The summed E-state index contributed by atoms with van der Waals surface area (Å²) in [7, 11) is 3.79. The Morgan fingerprint density at radius 2 is 1.63 bits per heavy atom. The smallest absolute Gasteiger partial charge is 0.416 e. The fourth-order valence-electron chi connectivity index (χ4n) is 4.13. The molecule has 4 N–H and O–H groups in total. The summed E-state index contributed by atoms with van der Waals surface area (Å²) in [5.74, 6) is 0.620. The SMILES string of the molecule is CCOc1cccc(Nc2cc(NC(=O)Nc3cc(NC(=O)c4cccc(C(F)(F)F)c4)ccc3C)ncn2)c1N(C)C. The molecule has 0 bridgehead atoms. The number of para-hydroxylation sites is 1. The largest absolute Gasteiger partial charge is 0.492 e. The first-order valence-corrected chi connectivity index (χ1v) is 13.1. The maximum atomic E-state index is 13.0. The van der Waals surface area contributed by atoms with Gasteiger partial charge in [0, 0.05) is 37.1 Å². The number of anilines is 6. The molecule has 0 saturated heterocycles. The molecule has 4 aromatic rings. The highest BCUT2D eigenvalue weighted by atomic mass is 19.4. The van der Waals surface area contributed by atoms with E-state index in [1.165, 1.54) is 18.5 Å². The van der Waals surface area contributed by atoms with E-state index in [0.717, 1.165) is 29.6 Å². The van der Waals surface area contributed by atoms with Gasteiger partial charge in [-0.05, 0) is 61.9 Å². The summed E-state index contributed by atoms with van der Waals surface area (Å²) in [5, 5.41) is 11.1. The molecule has 13 heteroatoms. The van der Waals surface area contributed by atoms with E-state index in [2.05, 4.69) is 31.2 Å². The Balaban J connectivity index is 1.44. The summed E-state index contributed by atoms with van der Waals surface area (Å²) >= 11 is 0. The second-order valence-corrected chi connectivity index (χ2v) is 9.53. The third kappa shape index (κ3) is 7.91. The highest BCUT2D eigenvalue weighted by molar-refractivity contribution is 6.05. The number of aromatic nitrogens is 2. The molecule has 0 fully saturated rings. The van der Waals surface area contributed by atoms with Crippen molar-refractivity contribution >= 4 is 46.3 Å². The van der Waals surface area contributed by atoms with Crippen molar-refractivity contribution in [1.82, 2.24) is 9.97 Å². The first-order chi connectivity index (χ1) is 20.4. The molecule has 224 valence electrons. The van der Waals surface area contributed by atoms with E-state index in [0.29, 0.717) is 29.4 Å². The zero-order valence-electron chi connectivity index (χ0n) is 23.8. The topological polar surface area (TPSA) is 121 Å². The van der Waals surface area contributed by atoms with Gasteiger partial charge < -0.3 is 25.6 Å². The molecular formula is C30H30F3N7O3. The van der Waals surface area contributed by atoms with Gasteiger partial charge in [0.1, 0.15) is 29.4 Å². The van der Waals surface area contributed by atoms with Gasteiger partial charge in [0.05, 0.1) is 17.9 Å². The molecule has 4 rings (SSSR count). The predicted octanol–water partition coefficient (Wildman–Crippen LogP) is 6.91. The first kappa shape index (κ1) is 30.6. The maximum absolute atomic E-state index is 13.0. The van der Waals surface area contributed by atoms with Gasteiger partial charge in [-0.15, -0.1) is 0 Å². The lowest BCUT2D eigenvalue weighted by Gasteiger charge is -2.21. The Morgan fingerprint density at radius 3 is 2.35 bits per heavy atom. The number of hydrogen-bond donors (Lipinski definition) is 4. The van der Waals surface area contributed by atoms with Crippen molar-refractivity contribution in [2.45, 2.75) is 20.0 Å². The minimum Gasteiger partial charge on any atom is -0.492 e. The maximum Gasteiger partial charge on any atom is 0.416 e. The van der Waals surface area contributed by atoms with E-state index in [9.17, 15) is 22.8 Å². The number of hydrogen-bond acceptors (Lipinski definition) is 7. The predicted molar refractivity (Wildman–Crippen MR) is 160 cm³/mol. The third-order valence-electron chi connectivity index (χ3n) is 6.11. The van der Waals surface area contributed by atoms with Gasteiger partial charge in [0.15, 0.2) is 0 Å². The summed E-state index contributed by atoms with van der Waals surface area (Å²) in [5.41, 5.74) is 1.82. The number of alkyl halides is 3. The van der Waals surface area contributed by atoms with Crippen molar-refractivity contribution in [3.05, 3.63) is 89.7 Å². The molecule has 3 aromatic carbocycles. The molecule has 43 heavy (non-hydrogen) atoms. The van der Waals surface area contributed by atoms with Gasteiger partial charge in [0.2, 0.25) is 0 Å². The van der Waals surface area contributed by atoms with Gasteiger partial charge in [-0.3, -0.25) is 10.1 Å². The van der Waals surface area contributed by atoms with Crippen LogP contribution in [0.15, 0.2) is 73.1 Å².